The molecule has 8 heteroatoms. The van der Waals surface area contributed by atoms with Gasteiger partial charge in [0.05, 0.1) is 17.9 Å². The first kappa shape index (κ1) is 19.7. The minimum atomic E-state index is -0.422. The van der Waals surface area contributed by atoms with Crippen molar-refractivity contribution in [3.05, 3.63) is 47.2 Å². The number of likely N-dealkylation sites (tertiary alicyclic amines) is 1. The summed E-state index contributed by atoms with van der Waals surface area (Å²) in [5.41, 5.74) is 2.49. The second-order valence-electron chi connectivity index (χ2n) is 7.63. The van der Waals surface area contributed by atoms with E-state index in [1.807, 2.05) is 7.05 Å². The SMILES string of the molecule is CNc1nc([C@@H]2CCCN(CC(=O)Nc3ccccc3F)C2)nc2c1CNCC2. The highest BCUT2D eigenvalue weighted by atomic mass is 19.1. The van der Waals surface area contributed by atoms with E-state index >= 15 is 0 Å². The molecule has 1 aromatic carbocycles. The molecular weight excluding hydrogens is 371 g/mol. The van der Waals surface area contributed by atoms with Gasteiger partial charge in [0, 0.05) is 44.6 Å². The predicted molar refractivity (Wildman–Crippen MR) is 110 cm³/mol. The van der Waals surface area contributed by atoms with Crippen molar-refractivity contribution in [2.75, 3.05) is 43.9 Å². The Bertz CT molecular complexity index is 872. The number of hydrogen-bond acceptors (Lipinski definition) is 6. The van der Waals surface area contributed by atoms with Crippen molar-refractivity contribution < 1.29 is 9.18 Å². The number of para-hydroxylation sites is 1. The number of benzene rings is 1. The van der Waals surface area contributed by atoms with E-state index in [2.05, 4.69) is 20.9 Å². The fraction of sp³-hybridized carbons (Fsp3) is 0.476. The third kappa shape index (κ3) is 4.54. The molecule has 1 aromatic heterocycles. The highest BCUT2D eigenvalue weighted by Gasteiger charge is 2.27. The van der Waals surface area contributed by atoms with Crippen LogP contribution in [0, 0.1) is 5.82 Å². The molecule has 2 aliphatic heterocycles. The number of anilines is 2. The molecule has 0 bridgehead atoms. The Hall–Kier alpha value is -2.58. The van der Waals surface area contributed by atoms with Crippen LogP contribution in [0.1, 0.15) is 35.8 Å². The molecule has 0 saturated carbocycles. The number of halogens is 1. The van der Waals surface area contributed by atoms with Crippen molar-refractivity contribution in [3.8, 4) is 0 Å². The first-order valence-electron chi connectivity index (χ1n) is 10.2. The van der Waals surface area contributed by atoms with Gasteiger partial charge < -0.3 is 16.0 Å². The molecular formula is C21H27FN6O. The second kappa shape index (κ2) is 8.84. The molecule has 4 rings (SSSR count). The summed E-state index contributed by atoms with van der Waals surface area (Å²) in [4.78, 5) is 24.2. The normalized spacial score (nSPS) is 19.4. The summed E-state index contributed by atoms with van der Waals surface area (Å²) < 4.78 is 13.8. The summed E-state index contributed by atoms with van der Waals surface area (Å²) in [6.07, 6.45) is 2.89. The Morgan fingerprint density at radius 1 is 1.34 bits per heavy atom. The molecule has 154 valence electrons. The molecule has 1 fully saturated rings. The number of hydrogen-bond donors (Lipinski definition) is 3. The van der Waals surface area contributed by atoms with Gasteiger partial charge in [-0.05, 0) is 31.5 Å². The van der Waals surface area contributed by atoms with Crippen LogP contribution in [0.3, 0.4) is 0 Å². The van der Waals surface area contributed by atoms with E-state index in [1.165, 1.54) is 6.07 Å². The Morgan fingerprint density at radius 2 is 2.21 bits per heavy atom. The third-order valence-electron chi connectivity index (χ3n) is 5.57. The van der Waals surface area contributed by atoms with Crippen molar-refractivity contribution in [1.29, 1.82) is 0 Å². The van der Waals surface area contributed by atoms with E-state index in [1.54, 1.807) is 18.2 Å². The van der Waals surface area contributed by atoms with Crippen molar-refractivity contribution in [2.45, 2.75) is 31.7 Å². The first-order chi connectivity index (χ1) is 14.1. The van der Waals surface area contributed by atoms with Gasteiger partial charge in [0.1, 0.15) is 17.5 Å². The van der Waals surface area contributed by atoms with Gasteiger partial charge in [0.2, 0.25) is 5.91 Å². The van der Waals surface area contributed by atoms with Gasteiger partial charge in [-0.15, -0.1) is 0 Å². The van der Waals surface area contributed by atoms with Crippen LogP contribution in [0.2, 0.25) is 0 Å². The largest absolute Gasteiger partial charge is 0.373 e. The average molecular weight is 398 g/mol. The number of carbonyl (C=O) groups excluding carboxylic acids is 1. The van der Waals surface area contributed by atoms with Gasteiger partial charge in [-0.2, -0.15) is 0 Å². The van der Waals surface area contributed by atoms with Gasteiger partial charge in [-0.3, -0.25) is 9.69 Å². The van der Waals surface area contributed by atoms with Crippen LogP contribution in [-0.2, 0) is 17.8 Å². The molecule has 2 aliphatic rings. The van der Waals surface area contributed by atoms with Crippen molar-refractivity contribution >= 4 is 17.4 Å². The maximum Gasteiger partial charge on any atom is 0.238 e. The molecule has 3 N–H and O–H groups in total. The van der Waals surface area contributed by atoms with Crippen LogP contribution >= 0.6 is 0 Å². The number of fused-ring (bicyclic) bond motifs is 1. The molecule has 1 saturated heterocycles. The fourth-order valence-electron chi connectivity index (χ4n) is 4.12. The Morgan fingerprint density at radius 3 is 3.03 bits per heavy atom. The monoisotopic (exact) mass is 398 g/mol. The van der Waals surface area contributed by atoms with Gasteiger partial charge in [0.25, 0.3) is 0 Å². The van der Waals surface area contributed by atoms with E-state index in [-0.39, 0.29) is 24.1 Å². The quantitative estimate of drug-likeness (QED) is 0.716. The zero-order valence-electron chi connectivity index (χ0n) is 16.7. The topological polar surface area (TPSA) is 82.2 Å². The standard InChI is InChI=1S/C21H27FN6O/c1-23-21-15-11-24-9-8-17(15)26-20(27-21)14-5-4-10-28(12-14)13-19(29)25-18-7-3-2-6-16(18)22/h2-3,6-7,14,24H,4-5,8-13H2,1H3,(H,25,29)(H,23,26,27)/t14-/m1/s1. The molecule has 7 nitrogen and oxygen atoms in total. The van der Waals surface area contributed by atoms with Crippen LogP contribution < -0.4 is 16.0 Å². The number of amides is 1. The van der Waals surface area contributed by atoms with Crippen LogP contribution in [0.15, 0.2) is 24.3 Å². The summed E-state index contributed by atoms with van der Waals surface area (Å²) in [6.45, 7) is 3.52. The van der Waals surface area contributed by atoms with Crippen LogP contribution in [0.4, 0.5) is 15.9 Å². The van der Waals surface area contributed by atoms with Crippen LogP contribution in [0.5, 0.6) is 0 Å². The minimum Gasteiger partial charge on any atom is -0.373 e. The van der Waals surface area contributed by atoms with E-state index in [9.17, 15) is 9.18 Å². The smallest absolute Gasteiger partial charge is 0.238 e. The molecule has 3 heterocycles. The minimum absolute atomic E-state index is 0.192. The Balaban J connectivity index is 1.43. The van der Waals surface area contributed by atoms with E-state index in [4.69, 9.17) is 9.97 Å². The summed E-state index contributed by atoms with van der Waals surface area (Å²) >= 11 is 0. The lowest BCUT2D eigenvalue weighted by Gasteiger charge is -2.32. The zero-order valence-corrected chi connectivity index (χ0v) is 16.7. The second-order valence-corrected chi connectivity index (χ2v) is 7.63. The highest BCUT2D eigenvalue weighted by molar-refractivity contribution is 5.92. The average Bonchev–Trinajstić information content (AvgIpc) is 2.74. The van der Waals surface area contributed by atoms with E-state index < -0.39 is 5.82 Å². The number of nitrogens with zero attached hydrogens (tertiary/aromatic N) is 3. The predicted octanol–water partition coefficient (Wildman–Crippen LogP) is 2.12. The molecule has 0 radical (unpaired) electrons. The van der Waals surface area contributed by atoms with Gasteiger partial charge in [-0.1, -0.05) is 12.1 Å². The summed E-state index contributed by atoms with van der Waals surface area (Å²) in [6, 6.07) is 6.22. The highest BCUT2D eigenvalue weighted by Crippen LogP contribution is 2.28. The summed E-state index contributed by atoms with van der Waals surface area (Å²) in [5, 5.41) is 9.24. The van der Waals surface area contributed by atoms with Crippen molar-refractivity contribution in [2.24, 2.45) is 0 Å². The molecule has 0 aliphatic carbocycles. The number of aromatic nitrogens is 2. The zero-order chi connectivity index (χ0) is 20.2. The maximum absolute atomic E-state index is 13.8. The van der Waals surface area contributed by atoms with Crippen molar-refractivity contribution in [3.63, 3.8) is 0 Å². The molecule has 29 heavy (non-hydrogen) atoms. The van der Waals surface area contributed by atoms with Crippen LogP contribution in [0.25, 0.3) is 0 Å². The summed E-state index contributed by atoms with van der Waals surface area (Å²) in [7, 11) is 1.89. The van der Waals surface area contributed by atoms with Gasteiger partial charge in [0.15, 0.2) is 0 Å². The maximum atomic E-state index is 13.8. The molecule has 0 spiro atoms. The number of piperidine rings is 1. The number of nitrogens with one attached hydrogen (secondary N) is 3. The van der Waals surface area contributed by atoms with Crippen LogP contribution in [-0.4, -0.2) is 54.0 Å². The molecule has 0 unspecified atom stereocenters. The van der Waals surface area contributed by atoms with Gasteiger partial charge >= 0.3 is 0 Å². The number of rotatable bonds is 5. The third-order valence-corrected chi connectivity index (χ3v) is 5.57. The molecule has 1 amide bonds. The fourth-order valence-corrected chi connectivity index (χ4v) is 4.12. The summed E-state index contributed by atoms with van der Waals surface area (Å²) in [5.74, 6) is 1.32. The lowest BCUT2D eigenvalue weighted by molar-refractivity contribution is -0.117. The van der Waals surface area contributed by atoms with Crippen molar-refractivity contribution in [1.82, 2.24) is 20.2 Å². The van der Waals surface area contributed by atoms with Gasteiger partial charge in [-0.25, -0.2) is 14.4 Å². The lowest BCUT2D eigenvalue weighted by Crippen LogP contribution is -2.40. The van der Waals surface area contributed by atoms with E-state index in [0.29, 0.717) is 0 Å². The lowest BCUT2D eigenvalue weighted by atomic mass is 9.96. The van der Waals surface area contributed by atoms with E-state index in [0.717, 1.165) is 68.3 Å². The Kier molecular flexibility index (Phi) is 6.01. The molecule has 1 atom stereocenters. The Labute approximate surface area is 170 Å². The molecule has 2 aromatic rings. The number of carbonyl (C=O) groups is 1. The first-order valence-corrected chi connectivity index (χ1v) is 10.2.